The van der Waals surface area contributed by atoms with Gasteiger partial charge in [0.25, 0.3) is 0 Å². The van der Waals surface area contributed by atoms with Gasteiger partial charge >= 0.3 is 11.7 Å². The highest BCUT2D eigenvalue weighted by molar-refractivity contribution is 5.76. The van der Waals surface area contributed by atoms with E-state index in [2.05, 4.69) is 20.4 Å². The number of aromatic nitrogens is 5. The molecule has 2 aromatic heterocycles. The fraction of sp³-hybridized carbons (Fsp3) is 0.304. The van der Waals surface area contributed by atoms with Gasteiger partial charge in [-0.1, -0.05) is 24.3 Å². The third kappa shape index (κ3) is 3.77. The predicted octanol–water partition coefficient (Wildman–Crippen LogP) is 3.02. The molecule has 1 atom stereocenters. The standard InChI is InChI=1S/C23H25N7O2/c1-16(17-6-8-18(9-7-17)29-15-24-14-25-29)26-22(31)28-12-10-19(11-13-28)30-21-5-3-2-4-20(21)27-23(30)32/h2-9,14-16,19H,10-13H2,1H3,(H,26,31)(H,27,32). The van der Waals surface area contributed by atoms with Crippen LogP contribution < -0.4 is 11.0 Å². The second-order valence-electron chi connectivity index (χ2n) is 8.14. The zero-order valence-corrected chi connectivity index (χ0v) is 17.8. The minimum atomic E-state index is -0.124. The first-order chi connectivity index (χ1) is 15.6. The van der Waals surface area contributed by atoms with Crippen molar-refractivity contribution in [2.75, 3.05) is 13.1 Å². The number of piperidine rings is 1. The largest absolute Gasteiger partial charge is 0.331 e. The van der Waals surface area contributed by atoms with Gasteiger partial charge in [0, 0.05) is 19.1 Å². The number of hydrogen-bond acceptors (Lipinski definition) is 4. The van der Waals surface area contributed by atoms with Gasteiger partial charge in [0.15, 0.2) is 0 Å². The fourth-order valence-corrected chi connectivity index (χ4v) is 4.38. The number of H-pyrrole nitrogens is 1. The van der Waals surface area contributed by atoms with Crippen molar-refractivity contribution in [1.29, 1.82) is 0 Å². The number of carbonyl (C=O) groups is 1. The average molecular weight is 432 g/mol. The van der Waals surface area contributed by atoms with Crippen molar-refractivity contribution in [2.24, 2.45) is 0 Å². The Morgan fingerprint density at radius 2 is 1.88 bits per heavy atom. The van der Waals surface area contributed by atoms with E-state index in [-0.39, 0.29) is 23.8 Å². The molecule has 0 radical (unpaired) electrons. The third-order valence-electron chi connectivity index (χ3n) is 6.16. The summed E-state index contributed by atoms with van der Waals surface area (Å²) in [6.45, 7) is 3.20. The smallest absolute Gasteiger partial charge is 0.326 e. The van der Waals surface area contributed by atoms with Crippen LogP contribution in [0, 0.1) is 0 Å². The van der Waals surface area contributed by atoms with E-state index in [1.54, 1.807) is 11.0 Å². The van der Waals surface area contributed by atoms with E-state index < -0.39 is 0 Å². The normalized spacial score (nSPS) is 15.7. The number of rotatable bonds is 4. The minimum Gasteiger partial charge on any atom is -0.331 e. The van der Waals surface area contributed by atoms with Crippen LogP contribution in [0.4, 0.5) is 4.79 Å². The highest BCUT2D eigenvalue weighted by Crippen LogP contribution is 2.25. The molecule has 164 valence electrons. The van der Waals surface area contributed by atoms with E-state index in [4.69, 9.17) is 0 Å². The Kier molecular flexibility index (Phi) is 5.22. The van der Waals surface area contributed by atoms with Crippen LogP contribution in [-0.4, -0.2) is 48.3 Å². The summed E-state index contributed by atoms with van der Waals surface area (Å²) in [4.78, 5) is 34.0. The van der Waals surface area contributed by atoms with Gasteiger partial charge in [-0.05, 0) is 49.6 Å². The van der Waals surface area contributed by atoms with Crippen molar-refractivity contribution >= 4 is 17.1 Å². The molecule has 3 heterocycles. The van der Waals surface area contributed by atoms with Crippen molar-refractivity contribution in [3.63, 3.8) is 0 Å². The number of nitrogens with zero attached hydrogens (tertiary/aromatic N) is 5. The number of urea groups is 1. The lowest BCUT2D eigenvalue weighted by Crippen LogP contribution is -2.46. The molecular weight excluding hydrogens is 406 g/mol. The van der Waals surface area contributed by atoms with E-state index in [1.807, 2.05) is 64.9 Å². The van der Waals surface area contributed by atoms with Crippen LogP contribution in [-0.2, 0) is 0 Å². The number of likely N-dealkylation sites (tertiary alicyclic amines) is 1. The number of amides is 2. The molecule has 0 spiro atoms. The number of nitrogens with one attached hydrogen (secondary N) is 2. The summed E-state index contributed by atoms with van der Waals surface area (Å²) in [6.07, 6.45) is 4.63. The SMILES string of the molecule is CC(NC(=O)N1CCC(n2c(=O)[nH]c3ccccc32)CC1)c1ccc(-n2cncn2)cc1. The monoisotopic (exact) mass is 431 g/mol. The molecule has 1 unspecified atom stereocenters. The number of benzene rings is 2. The van der Waals surface area contributed by atoms with Crippen LogP contribution in [0.5, 0.6) is 0 Å². The Morgan fingerprint density at radius 1 is 1.12 bits per heavy atom. The van der Waals surface area contributed by atoms with Crippen LogP contribution >= 0.6 is 0 Å². The summed E-state index contributed by atoms with van der Waals surface area (Å²) in [5.74, 6) is 0. The topological polar surface area (TPSA) is 101 Å². The Balaban J connectivity index is 1.20. The molecule has 1 aliphatic rings. The van der Waals surface area contributed by atoms with Crippen LogP contribution in [0.3, 0.4) is 0 Å². The van der Waals surface area contributed by atoms with Gasteiger partial charge in [0.2, 0.25) is 0 Å². The van der Waals surface area contributed by atoms with Crippen molar-refractivity contribution in [3.8, 4) is 5.69 Å². The highest BCUT2D eigenvalue weighted by Gasteiger charge is 2.26. The quantitative estimate of drug-likeness (QED) is 0.519. The fourth-order valence-electron chi connectivity index (χ4n) is 4.38. The van der Waals surface area contributed by atoms with E-state index in [0.29, 0.717) is 13.1 Å². The zero-order chi connectivity index (χ0) is 22.1. The average Bonchev–Trinajstić information content (AvgIpc) is 3.47. The number of para-hydroxylation sites is 2. The lowest BCUT2D eigenvalue weighted by Gasteiger charge is -2.33. The Hall–Kier alpha value is -3.88. The summed E-state index contributed by atoms with van der Waals surface area (Å²) in [7, 11) is 0. The maximum atomic E-state index is 12.8. The van der Waals surface area contributed by atoms with Gasteiger partial charge in [0.05, 0.1) is 22.8 Å². The Morgan fingerprint density at radius 3 is 2.59 bits per heavy atom. The van der Waals surface area contributed by atoms with Crippen LogP contribution in [0.15, 0.2) is 66.0 Å². The van der Waals surface area contributed by atoms with E-state index >= 15 is 0 Å². The molecule has 1 fully saturated rings. The molecular formula is C23H25N7O2. The molecule has 2 aromatic carbocycles. The maximum Gasteiger partial charge on any atom is 0.326 e. The first-order valence-corrected chi connectivity index (χ1v) is 10.8. The Labute approximate surface area is 184 Å². The maximum absolute atomic E-state index is 12.8. The van der Waals surface area contributed by atoms with Crippen LogP contribution in [0.1, 0.15) is 37.4 Å². The first kappa shape index (κ1) is 20.0. The van der Waals surface area contributed by atoms with Crippen LogP contribution in [0.2, 0.25) is 0 Å². The third-order valence-corrected chi connectivity index (χ3v) is 6.16. The number of fused-ring (bicyclic) bond motifs is 1. The summed E-state index contributed by atoms with van der Waals surface area (Å²) >= 11 is 0. The van der Waals surface area contributed by atoms with Crippen LogP contribution in [0.25, 0.3) is 16.7 Å². The zero-order valence-electron chi connectivity index (χ0n) is 17.8. The minimum absolute atomic E-state index is 0.0809. The summed E-state index contributed by atoms with van der Waals surface area (Å²) < 4.78 is 3.53. The van der Waals surface area contributed by atoms with Gasteiger partial charge in [-0.25, -0.2) is 19.3 Å². The van der Waals surface area contributed by atoms with Crippen molar-refractivity contribution < 1.29 is 4.79 Å². The van der Waals surface area contributed by atoms with E-state index in [1.165, 1.54) is 6.33 Å². The lowest BCUT2D eigenvalue weighted by atomic mass is 10.0. The molecule has 9 nitrogen and oxygen atoms in total. The molecule has 0 bridgehead atoms. The highest BCUT2D eigenvalue weighted by atomic mass is 16.2. The predicted molar refractivity (Wildman–Crippen MR) is 121 cm³/mol. The van der Waals surface area contributed by atoms with Crippen molar-refractivity contribution in [2.45, 2.75) is 31.8 Å². The number of aromatic amines is 1. The van der Waals surface area contributed by atoms with Crippen molar-refractivity contribution in [1.82, 2.24) is 34.5 Å². The number of carbonyl (C=O) groups excluding carboxylic acids is 1. The molecule has 1 saturated heterocycles. The molecule has 4 aromatic rings. The van der Waals surface area contributed by atoms with Gasteiger partial charge in [-0.3, -0.25) is 4.57 Å². The van der Waals surface area contributed by atoms with Gasteiger partial charge in [0.1, 0.15) is 12.7 Å². The summed E-state index contributed by atoms with van der Waals surface area (Å²) in [6, 6.07) is 15.5. The molecule has 2 amide bonds. The van der Waals surface area contributed by atoms with E-state index in [0.717, 1.165) is 35.1 Å². The number of imidazole rings is 1. The molecule has 5 rings (SSSR count). The molecule has 0 saturated carbocycles. The molecule has 9 heteroatoms. The summed E-state index contributed by atoms with van der Waals surface area (Å²) in [5, 5.41) is 7.21. The molecule has 1 aliphatic heterocycles. The molecule has 2 N–H and O–H groups in total. The Bertz CT molecular complexity index is 1270. The molecule has 0 aliphatic carbocycles. The van der Waals surface area contributed by atoms with E-state index in [9.17, 15) is 9.59 Å². The van der Waals surface area contributed by atoms with Crippen molar-refractivity contribution in [3.05, 3.63) is 77.2 Å². The lowest BCUT2D eigenvalue weighted by molar-refractivity contribution is 0.169. The summed E-state index contributed by atoms with van der Waals surface area (Å²) in [5.41, 5.74) is 3.61. The van der Waals surface area contributed by atoms with Gasteiger partial charge < -0.3 is 15.2 Å². The second kappa shape index (κ2) is 8.33. The second-order valence-corrected chi connectivity index (χ2v) is 8.14. The van der Waals surface area contributed by atoms with Gasteiger partial charge in [-0.15, -0.1) is 0 Å². The van der Waals surface area contributed by atoms with Gasteiger partial charge in [-0.2, -0.15) is 5.10 Å². The first-order valence-electron chi connectivity index (χ1n) is 10.8. The molecule has 32 heavy (non-hydrogen) atoms. The number of hydrogen-bond donors (Lipinski definition) is 2.